The molecule has 2 N–H and O–H groups in total. The van der Waals surface area contributed by atoms with E-state index >= 15 is 0 Å². The van der Waals surface area contributed by atoms with Gasteiger partial charge in [0.1, 0.15) is 11.6 Å². The summed E-state index contributed by atoms with van der Waals surface area (Å²) in [4.78, 5) is 12.9. The molecule has 0 radical (unpaired) electrons. The van der Waals surface area contributed by atoms with Gasteiger partial charge in [-0.05, 0) is 13.8 Å². The summed E-state index contributed by atoms with van der Waals surface area (Å²) in [6.45, 7) is 7.75. The van der Waals surface area contributed by atoms with Crippen LogP contribution in [-0.4, -0.2) is 23.9 Å². The van der Waals surface area contributed by atoms with Gasteiger partial charge in [0, 0.05) is 19.2 Å². The Morgan fingerprint density at radius 2 is 2.23 bits per heavy atom. The Balaban J connectivity index is 2.80. The summed E-state index contributed by atoms with van der Waals surface area (Å²) in [5, 5.41) is 5.77. The summed E-state index contributed by atoms with van der Waals surface area (Å²) < 4.78 is 0. The molecule has 1 aliphatic heterocycles. The second kappa shape index (κ2) is 3.51. The molecule has 0 aromatic carbocycles. The molecule has 1 heterocycles. The molecule has 1 aliphatic rings. The van der Waals surface area contributed by atoms with Crippen LogP contribution >= 0.6 is 0 Å². The highest BCUT2D eigenvalue weighted by atomic mass is 16.1. The van der Waals surface area contributed by atoms with Gasteiger partial charge in [-0.3, -0.25) is 4.79 Å². The van der Waals surface area contributed by atoms with E-state index in [1.807, 2.05) is 20.9 Å². The first kappa shape index (κ1) is 9.64. The van der Waals surface area contributed by atoms with E-state index in [9.17, 15) is 4.79 Å². The van der Waals surface area contributed by atoms with Crippen LogP contribution in [0.5, 0.6) is 0 Å². The summed E-state index contributed by atoms with van der Waals surface area (Å²) in [5.74, 6) is 1.24. The monoisotopic (exact) mass is 181 g/mol. The normalized spacial score (nSPS) is 17.2. The number of nitrogens with one attached hydrogen (secondary N) is 2. The Bertz CT molecular complexity index is 268. The fraction of sp³-hybridized carbons (Fsp3) is 0.444. The first-order chi connectivity index (χ1) is 6.00. The molecule has 4 nitrogen and oxygen atoms in total. The maximum atomic E-state index is 11.1. The number of carbonyl (C=O) groups excluding carboxylic acids is 1. The third kappa shape index (κ3) is 2.24. The molecule has 0 saturated carbocycles. The Morgan fingerprint density at radius 1 is 1.62 bits per heavy atom. The predicted octanol–water partition coefficient (Wildman–Crippen LogP) is 0.359. The van der Waals surface area contributed by atoms with Crippen molar-refractivity contribution in [3.63, 3.8) is 0 Å². The van der Waals surface area contributed by atoms with Gasteiger partial charge in [0.25, 0.3) is 5.91 Å². The zero-order valence-electron chi connectivity index (χ0n) is 8.22. The second-order valence-electron chi connectivity index (χ2n) is 3.32. The van der Waals surface area contributed by atoms with E-state index in [1.54, 1.807) is 4.90 Å². The van der Waals surface area contributed by atoms with Crippen LogP contribution in [0.4, 0.5) is 0 Å². The summed E-state index contributed by atoms with van der Waals surface area (Å²) in [6, 6.07) is 0.299. The van der Waals surface area contributed by atoms with E-state index < -0.39 is 0 Å². The zero-order chi connectivity index (χ0) is 10.0. The molecular weight excluding hydrogens is 166 g/mol. The Labute approximate surface area is 78.3 Å². The molecule has 0 aromatic rings. The van der Waals surface area contributed by atoms with E-state index in [-0.39, 0.29) is 5.91 Å². The standard InChI is InChI=1S/C9H15N3O/c1-6(2)10-8-5-9(13)11-7(3)12(8)4/h5-6,10H,3H2,1-2,4H3,(H,11,13). The molecule has 0 aliphatic carbocycles. The average Bonchev–Trinajstić information content (AvgIpc) is 1.98. The van der Waals surface area contributed by atoms with Crippen LogP contribution in [0, 0.1) is 0 Å². The van der Waals surface area contributed by atoms with Crippen molar-refractivity contribution in [2.24, 2.45) is 0 Å². The molecule has 1 amide bonds. The molecule has 1 rings (SSSR count). The van der Waals surface area contributed by atoms with Crippen LogP contribution in [0.15, 0.2) is 24.3 Å². The van der Waals surface area contributed by atoms with Crippen molar-refractivity contribution in [2.45, 2.75) is 19.9 Å². The Kier molecular flexibility index (Phi) is 2.60. The molecule has 0 aromatic heterocycles. The lowest BCUT2D eigenvalue weighted by molar-refractivity contribution is -0.116. The lowest BCUT2D eigenvalue weighted by atomic mass is 10.3. The predicted molar refractivity (Wildman–Crippen MR) is 51.4 cm³/mol. The molecule has 0 spiro atoms. The Morgan fingerprint density at radius 3 is 2.77 bits per heavy atom. The summed E-state index contributed by atoms with van der Waals surface area (Å²) in [6.07, 6.45) is 1.52. The lowest BCUT2D eigenvalue weighted by Gasteiger charge is -2.30. The molecule has 0 fully saturated rings. The second-order valence-corrected chi connectivity index (χ2v) is 3.32. The van der Waals surface area contributed by atoms with Crippen LogP contribution in [0.1, 0.15) is 13.8 Å². The average molecular weight is 181 g/mol. The van der Waals surface area contributed by atoms with Gasteiger partial charge in [-0.25, -0.2) is 0 Å². The quantitative estimate of drug-likeness (QED) is 0.646. The van der Waals surface area contributed by atoms with Crippen molar-refractivity contribution in [1.29, 1.82) is 0 Å². The van der Waals surface area contributed by atoms with Gasteiger partial charge in [0.2, 0.25) is 0 Å². The van der Waals surface area contributed by atoms with Gasteiger partial charge in [-0.1, -0.05) is 6.58 Å². The zero-order valence-corrected chi connectivity index (χ0v) is 8.22. The van der Waals surface area contributed by atoms with E-state index in [1.165, 1.54) is 6.08 Å². The maximum Gasteiger partial charge on any atom is 0.253 e. The molecule has 0 atom stereocenters. The third-order valence-corrected chi connectivity index (χ3v) is 1.74. The summed E-state index contributed by atoms with van der Waals surface area (Å²) in [5.41, 5.74) is 0. The number of nitrogens with zero attached hydrogens (tertiary/aromatic N) is 1. The van der Waals surface area contributed by atoms with Gasteiger partial charge >= 0.3 is 0 Å². The van der Waals surface area contributed by atoms with Crippen LogP contribution in [0.25, 0.3) is 0 Å². The lowest BCUT2D eigenvalue weighted by Crippen LogP contribution is -2.42. The van der Waals surface area contributed by atoms with Gasteiger partial charge in [0.15, 0.2) is 0 Å². The molecular formula is C9H15N3O. The van der Waals surface area contributed by atoms with Crippen molar-refractivity contribution in [1.82, 2.24) is 15.5 Å². The van der Waals surface area contributed by atoms with E-state index in [0.29, 0.717) is 11.9 Å². The van der Waals surface area contributed by atoms with Crippen molar-refractivity contribution in [2.75, 3.05) is 7.05 Å². The highest BCUT2D eigenvalue weighted by molar-refractivity contribution is 5.90. The Hall–Kier alpha value is -1.45. The maximum absolute atomic E-state index is 11.1. The molecule has 4 heteroatoms. The number of hydrogen-bond acceptors (Lipinski definition) is 3. The van der Waals surface area contributed by atoms with E-state index in [0.717, 1.165) is 5.82 Å². The number of rotatable bonds is 2. The van der Waals surface area contributed by atoms with Crippen molar-refractivity contribution in [3.8, 4) is 0 Å². The number of amides is 1. The highest BCUT2D eigenvalue weighted by Crippen LogP contribution is 2.09. The third-order valence-electron chi connectivity index (χ3n) is 1.74. The summed E-state index contributed by atoms with van der Waals surface area (Å²) in [7, 11) is 1.85. The van der Waals surface area contributed by atoms with Crippen LogP contribution < -0.4 is 10.6 Å². The van der Waals surface area contributed by atoms with Gasteiger partial charge in [-0.2, -0.15) is 0 Å². The topological polar surface area (TPSA) is 44.4 Å². The first-order valence-corrected chi connectivity index (χ1v) is 4.22. The fourth-order valence-corrected chi connectivity index (χ4v) is 1.06. The van der Waals surface area contributed by atoms with Crippen LogP contribution in [0.2, 0.25) is 0 Å². The number of hydrogen-bond donors (Lipinski definition) is 2. The number of carbonyl (C=O) groups is 1. The van der Waals surface area contributed by atoms with Gasteiger partial charge < -0.3 is 15.5 Å². The molecule has 13 heavy (non-hydrogen) atoms. The van der Waals surface area contributed by atoms with Crippen molar-refractivity contribution < 1.29 is 4.79 Å². The molecule has 0 bridgehead atoms. The molecule has 72 valence electrons. The van der Waals surface area contributed by atoms with Crippen molar-refractivity contribution >= 4 is 5.91 Å². The molecule has 0 saturated heterocycles. The molecule has 0 unspecified atom stereocenters. The smallest absolute Gasteiger partial charge is 0.253 e. The van der Waals surface area contributed by atoms with Crippen LogP contribution in [-0.2, 0) is 4.79 Å². The minimum Gasteiger partial charge on any atom is -0.369 e. The van der Waals surface area contributed by atoms with Crippen LogP contribution in [0.3, 0.4) is 0 Å². The SMILES string of the molecule is C=C1NC(=O)C=C(NC(C)C)N1C. The first-order valence-electron chi connectivity index (χ1n) is 4.22. The van der Waals surface area contributed by atoms with E-state index in [4.69, 9.17) is 0 Å². The highest BCUT2D eigenvalue weighted by Gasteiger charge is 2.17. The van der Waals surface area contributed by atoms with Gasteiger partial charge in [0.05, 0.1) is 0 Å². The summed E-state index contributed by atoms with van der Waals surface area (Å²) >= 11 is 0. The minimum absolute atomic E-state index is 0.133. The van der Waals surface area contributed by atoms with Gasteiger partial charge in [-0.15, -0.1) is 0 Å². The largest absolute Gasteiger partial charge is 0.369 e. The van der Waals surface area contributed by atoms with E-state index in [2.05, 4.69) is 17.2 Å². The fourth-order valence-electron chi connectivity index (χ4n) is 1.06. The van der Waals surface area contributed by atoms with Crippen molar-refractivity contribution in [3.05, 3.63) is 24.3 Å². The minimum atomic E-state index is -0.133.